The topological polar surface area (TPSA) is 38.3 Å². The summed E-state index contributed by atoms with van der Waals surface area (Å²) < 4.78 is 6.23. The van der Waals surface area contributed by atoms with Crippen molar-refractivity contribution >= 4 is 40.1 Å². The summed E-state index contributed by atoms with van der Waals surface area (Å²) in [7, 11) is 0. The van der Waals surface area contributed by atoms with E-state index in [-0.39, 0.29) is 5.91 Å². The molecule has 0 fully saturated rings. The number of aryl methyl sites for hydroxylation is 1. The van der Waals surface area contributed by atoms with Crippen LogP contribution < -0.4 is 5.32 Å². The van der Waals surface area contributed by atoms with Crippen molar-refractivity contribution in [1.82, 2.24) is 5.32 Å². The van der Waals surface area contributed by atoms with Crippen LogP contribution in [0.2, 0.25) is 0 Å². The van der Waals surface area contributed by atoms with Gasteiger partial charge in [0.2, 0.25) is 0 Å². The molecule has 0 aromatic heterocycles. The number of nitrogens with one attached hydrogen (secondary N) is 1. The molecule has 0 saturated carbocycles. The smallest absolute Gasteiger partial charge is 0.252 e. The second-order valence-corrected chi connectivity index (χ2v) is 5.30. The highest BCUT2D eigenvalue weighted by Gasteiger charge is 2.10. The van der Waals surface area contributed by atoms with Gasteiger partial charge in [-0.1, -0.05) is 12.1 Å². The largest absolute Gasteiger partial charge is 0.380 e. The summed E-state index contributed by atoms with van der Waals surface area (Å²) in [4.78, 5) is 11.9. The van der Waals surface area contributed by atoms with Crippen LogP contribution >= 0.6 is 34.2 Å². The lowest BCUT2D eigenvalue weighted by molar-refractivity contribution is 0.0943. The highest BCUT2D eigenvalue weighted by molar-refractivity contribution is 14.1. The van der Waals surface area contributed by atoms with Gasteiger partial charge >= 0.3 is 0 Å². The third-order valence-electron chi connectivity index (χ3n) is 2.41. The average molecular weight is 382 g/mol. The Morgan fingerprint density at radius 1 is 1.44 bits per heavy atom. The monoisotopic (exact) mass is 381 g/mol. The van der Waals surface area contributed by atoms with E-state index in [4.69, 9.17) is 16.3 Å². The second-order valence-electron chi connectivity index (χ2n) is 3.85. The molecule has 100 valence electrons. The lowest BCUT2D eigenvalue weighted by Gasteiger charge is -2.08. The maximum atomic E-state index is 11.9. The fourth-order valence-corrected chi connectivity index (χ4v) is 2.16. The summed E-state index contributed by atoms with van der Waals surface area (Å²) >= 11 is 7.68. The van der Waals surface area contributed by atoms with E-state index < -0.39 is 0 Å². The van der Waals surface area contributed by atoms with Gasteiger partial charge in [0.05, 0.1) is 12.2 Å². The Bertz CT molecular complexity index is 399. The molecule has 1 aromatic rings. The fraction of sp³-hybridized carbons (Fsp3) is 0.462. The van der Waals surface area contributed by atoms with Gasteiger partial charge in [-0.25, -0.2) is 0 Å². The molecule has 5 heteroatoms. The van der Waals surface area contributed by atoms with E-state index in [1.54, 1.807) is 0 Å². The fourth-order valence-electron chi connectivity index (χ4n) is 1.45. The molecular formula is C13H17ClINO2. The van der Waals surface area contributed by atoms with Gasteiger partial charge in [-0.2, -0.15) is 0 Å². The number of carbonyl (C=O) groups excluding carboxylic acids is 1. The summed E-state index contributed by atoms with van der Waals surface area (Å²) in [6, 6.07) is 5.74. The van der Waals surface area contributed by atoms with E-state index in [0.717, 1.165) is 21.1 Å². The number of carbonyl (C=O) groups is 1. The maximum absolute atomic E-state index is 11.9. The van der Waals surface area contributed by atoms with E-state index in [1.807, 2.05) is 25.1 Å². The third-order valence-corrected chi connectivity index (χ3v) is 4.00. The Morgan fingerprint density at radius 2 is 2.22 bits per heavy atom. The quantitative estimate of drug-likeness (QED) is 0.448. The minimum Gasteiger partial charge on any atom is -0.380 e. The van der Waals surface area contributed by atoms with Crippen LogP contribution in [0.3, 0.4) is 0 Å². The molecule has 0 spiro atoms. The number of alkyl halides is 1. The van der Waals surface area contributed by atoms with Gasteiger partial charge in [-0.3, -0.25) is 4.79 Å². The molecule has 0 unspecified atom stereocenters. The second kappa shape index (κ2) is 8.72. The van der Waals surface area contributed by atoms with Crippen molar-refractivity contribution in [2.24, 2.45) is 0 Å². The van der Waals surface area contributed by atoms with Crippen molar-refractivity contribution in [3.63, 3.8) is 0 Å². The molecule has 1 aromatic carbocycles. The summed E-state index contributed by atoms with van der Waals surface area (Å²) in [6.45, 7) is 3.80. The van der Waals surface area contributed by atoms with Gasteiger partial charge in [0.25, 0.3) is 5.91 Å². The lowest BCUT2D eigenvalue weighted by atomic mass is 10.1. The van der Waals surface area contributed by atoms with Crippen LogP contribution in [-0.2, 0) is 4.74 Å². The number of benzene rings is 1. The minimum atomic E-state index is -0.0274. The molecule has 0 atom stereocenters. The normalized spacial score (nSPS) is 10.4. The third kappa shape index (κ3) is 5.12. The Hall–Kier alpha value is -0.330. The van der Waals surface area contributed by atoms with Crippen LogP contribution in [0.25, 0.3) is 0 Å². The molecule has 0 aliphatic carbocycles. The first-order valence-corrected chi connectivity index (χ1v) is 7.45. The number of halogens is 2. The number of ether oxygens (including phenoxy) is 1. The van der Waals surface area contributed by atoms with Crippen LogP contribution in [0, 0.1) is 10.5 Å². The van der Waals surface area contributed by atoms with Crippen molar-refractivity contribution in [1.29, 1.82) is 0 Å². The zero-order chi connectivity index (χ0) is 13.4. The predicted molar refractivity (Wildman–Crippen MR) is 82.4 cm³/mol. The number of rotatable bonds is 7. The summed E-state index contributed by atoms with van der Waals surface area (Å²) in [5, 5.41) is 2.89. The van der Waals surface area contributed by atoms with E-state index in [1.165, 1.54) is 0 Å². The molecule has 0 aliphatic rings. The van der Waals surface area contributed by atoms with Gasteiger partial charge < -0.3 is 10.1 Å². The Labute approximate surface area is 126 Å². The molecule has 3 nitrogen and oxygen atoms in total. The summed E-state index contributed by atoms with van der Waals surface area (Å²) in [6.07, 6.45) is 0.797. The van der Waals surface area contributed by atoms with E-state index in [9.17, 15) is 4.79 Å². The Balaban J connectivity index is 2.35. The zero-order valence-electron chi connectivity index (χ0n) is 10.3. The molecule has 0 heterocycles. The maximum Gasteiger partial charge on any atom is 0.252 e. The molecule has 0 radical (unpaired) electrons. The average Bonchev–Trinajstić information content (AvgIpc) is 2.36. The first-order chi connectivity index (χ1) is 8.66. The van der Waals surface area contributed by atoms with E-state index >= 15 is 0 Å². The first kappa shape index (κ1) is 15.7. The first-order valence-electron chi connectivity index (χ1n) is 5.84. The van der Waals surface area contributed by atoms with Crippen molar-refractivity contribution in [3.8, 4) is 0 Å². The molecule has 1 rings (SSSR count). The predicted octanol–water partition coefficient (Wildman–Crippen LogP) is 2.97. The number of amides is 1. The van der Waals surface area contributed by atoms with Gasteiger partial charge in [0, 0.05) is 22.6 Å². The van der Waals surface area contributed by atoms with E-state index in [0.29, 0.717) is 25.6 Å². The minimum absolute atomic E-state index is 0.0274. The van der Waals surface area contributed by atoms with Crippen molar-refractivity contribution < 1.29 is 9.53 Å². The van der Waals surface area contributed by atoms with Gasteiger partial charge in [0.15, 0.2) is 0 Å². The Morgan fingerprint density at radius 3 is 2.94 bits per heavy atom. The zero-order valence-corrected chi connectivity index (χ0v) is 13.3. The summed E-state index contributed by atoms with van der Waals surface area (Å²) in [5.74, 6) is 0.480. The molecule has 1 amide bonds. The molecule has 18 heavy (non-hydrogen) atoms. The SMILES string of the molecule is Cc1cccc(C(=O)NCCCOCCCl)c1I. The molecule has 0 bridgehead atoms. The summed E-state index contributed by atoms with van der Waals surface area (Å²) in [5.41, 5.74) is 1.85. The standard InChI is InChI=1S/C13H17ClINO2/c1-10-4-2-5-11(12(10)15)13(17)16-7-3-8-18-9-6-14/h2,4-5H,3,6-9H2,1H3,(H,16,17). The molecule has 1 N–H and O–H groups in total. The number of hydrogen-bond donors (Lipinski definition) is 1. The highest BCUT2D eigenvalue weighted by atomic mass is 127. The number of hydrogen-bond acceptors (Lipinski definition) is 2. The van der Waals surface area contributed by atoms with Gasteiger partial charge in [-0.15, -0.1) is 11.6 Å². The van der Waals surface area contributed by atoms with Gasteiger partial charge in [-0.05, 0) is 47.6 Å². The Kier molecular flexibility index (Phi) is 7.62. The van der Waals surface area contributed by atoms with Crippen LogP contribution in [0.5, 0.6) is 0 Å². The van der Waals surface area contributed by atoms with Crippen LogP contribution in [-0.4, -0.2) is 31.5 Å². The van der Waals surface area contributed by atoms with Crippen molar-refractivity contribution in [2.45, 2.75) is 13.3 Å². The van der Waals surface area contributed by atoms with Crippen molar-refractivity contribution in [3.05, 3.63) is 32.9 Å². The lowest BCUT2D eigenvalue weighted by Crippen LogP contribution is -2.26. The van der Waals surface area contributed by atoms with Crippen LogP contribution in [0.1, 0.15) is 22.3 Å². The highest BCUT2D eigenvalue weighted by Crippen LogP contribution is 2.16. The van der Waals surface area contributed by atoms with Crippen molar-refractivity contribution in [2.75, 3.05) is 25.6 Å². The van der Waals surface area contributed by atoms with Crippen LogP contribution in [0.4, 0.5) is 0 Å². The molecule has 0 saturated heterocycles. The molecular weight excluding hydrogens is 365 g/mol. The van der Waals surface area contributed by atoms with E-state index in [2.05, 4.69) is 27.9 Å². The van der Waals surface area contributed by atoms with Crippen LogP contribution in [0.15, 0.2) is 18.2 Å². The van der Waals surface area contributed by atoms with Gasteiger partial charge in [0.1, 0.15) is 0 Å². The molecule has 0 aliphatic heterocycles.